The van der Waals surface area contributed by atoms with E-state index < -0.39 is 0 Å². The quantitative estimate of drug-likeness (QED) is 0.364. The van der Waals surface area contributed by atoms with Crippen LogP contribution in [0.25, 0.3) is 0 Å². The zero-order valence-corrected chi connectivity index (χ0v) is 19.6. The summed E-state index contributed by atoms with van der Waals surface area (Å²) in [5, 5.41) is 7.65. The summed E-state index contributed by atoms with van der Waals surface area (Å²) in [5.41, 5.74) is 2.15. The predicted molar refractivity (Wildman–Crippen MR) is 129 cm³/mol. The van der Waals surface area contributed by atoms with Crippen LogP contribution in [0, 0.1) is 0 Å². The van der Waals surface area contributed by atoms with Crippen molar-refractivity contribution in [2.45, 2.75) is 19.0 Å². The summed E-state index contributed by atoms with van der Waals surface area (Å²) < 4.78 is 0. The van der Waals surface area contributed by atoms with Crippen LogP contribution in [0.15, 0.2) is 47.5 Å². The van der Waals surface area contributed by atoms with Crippen LogP contribution in [0.2, 0.25) is 5.02 Å². The first kappa shape index (κ1) is 22.5. The van der Waals surface area contributed by atoms with Crippen molar-refractivity contribution in [3.05, 3.63) is 53.2 Å². The average Bonchev–Trinajstić information content (AvgIpc) is 3.14. The molecule has 0 aliphatic carbocycles. The van der Waals surface area contributed by atoms with Gasteiger partial charge in [-0.3, -0.25) is 4.99 Å². The van der Waals surface area contributed by atoms with Crippen molar-refractivity contribution < 1.29 is 0 Å². The Balaban J connectivity index is 0.00000280. The Morgan fingerprint density at radius 1 is 1.29 bits per heavy atom. The molecule has 8 heteroatoms. The fraction of sp³-hybridized carbons (Fsp3) is 0.400. The molecule has 0 bridgehead atoms. The second-order valence-corrected chi connectivity index (χ2v) is 7.30. The Hall–Kier alpha value is -1.74. The number of pyridine rings is 1. The number of hydrogen-bond donors (Lipinski definition) is 2. The number of guanidine groups is 1. The molecule has 28 heavy (non-hydrogen) atoms. The summed E-state index contributed by atoms with van der Waals surface area (Å²) in [6.45, 7) is 2.56. The van der Waals surface area contributed by atoms with Crippen LogP contribution in [0.5, 0.6) is 0 Å². The number of rotatable bonds is 5. The molecule has 0 amide bonds. The first-order chi connectivity index (χ1) is 13.0. The topological polar surface area (TPSA) is 55.8 Å². The van der Waals surface area contributed by atoms with E-state index in [4.69, 9.17) is 11.6 Å². The lowest BCUT2D eigenvalue weighted by Crippen LogP contribution is -2.44. The highest BCUT2D eigenvalue weighted by Gasteiger charge is 2.23. The Morgan fingerprint density at radius 3 is 2.79 bits per heavy atom. The van der Waals surface area contributed by atoms with Gasteiger partial charge in [-0.2, -0.15) is 0 Å². The molecule has 0 saturated carbocycles. The first-order valence-corrected chi connectivity index (χ1v) is 9.54. The number of nitrogens with one attached hydrogen (secondary N) is 2. The van der Waals surface area contributed by atoms with Crippen molar-refractivity contribution in [3.63, 3.8) is 0 Å². The molecule has 1 aliphatic rings. The van der Waals surface area contributed by atoms with E-state index >= 15 is 0 Å². The van der Waals surface area contributed by atoms with Crippen LogP contribution < -0.4 is 20.4 Å². The van der Waals surface area contributed by atoms with Gasteiger partial charge in [0.25, 0.3) is 0 Å². The number of aliphatic imine (C=N–C) groups is 1. The first-order valence-electron chi connectivity index (χ1n) is 9.16. The maximum absolute atomic E-state index is 6.12. The largest absolute Gasteiger partial charge is 0.369 e. The van der Waals surface area contributed by atoms with Crippen LogP contribution in [0.3, 0.4) is 0 Å². The second kappa shape index (κ2) is 10.7. The van der Waals surface area contributed by atoms with Gasteiger partial charge in [0.15, 0.2) is 5.96 Å². The molecule has 6 nitrogen and oxygen atoms in total. The fourth-order valence-electron chi connectivity index (χ4n) is 3.16. The third kappa shape index (κ3) is 6.13. The fourth-order valence-corrected chi connectivity index (χ4v) is 3.35. The summed E-state index contributed by atoms with van der Waals surface area (Å²) in [7, 11) is 5.78. The van der Waals surface area contributed by atoms with Crippen molar-refractivity contribution >= 4 is 53.0 Å². The zero-order chi connectivity index (χ0) is 19.2. The molecule has 0 radical (unpaired) electrons. The summed E-state index contributed by atoms with van der Waals surface area (Å²) in [6, 6.07) is 14.4. The molecule has 1 aromatic carbocycles. The summed E-state index contributed by atoms with van der Waals surface area (Å²) in [6.07, 6.45) is 1.06. The van der Waals surface area contributed by atoms with E-state index in [1.807, 2.05) is 55.4 Å². The van der Waals surface area contributed by atoms with Gasteiger partial charge in [-0.05, 0) is 36.8 Å². The highest BCUT2D eigenvalue weighted by atomic mass is 127. The Bertz CT molecular complexity index is 798. The van der Waals surface area contributed by atoms with E-state index in [0.717, 1.165) is 42.0 Å². The monoisotopic (exact) mass is 514 g/mol. The Kier molecular flexibility index (Phi) is 8.62. The molecule has 1 fully saturated rings. The highest BCUT2D eigenvalue weighted by Crippen LogP contribution is 2.23. The highest BCUT2D eigenvalue weighted by molar-refractivity contribution is 14.0. The van der Waals surface area contributed by atoms with Crippen LogP contribution in [0.1, 0.15) is 12.1 Å². The molecule has 1 unspecified atom stereocenters. The lowest BCUT2D eigenvalue weighted by molar-refractivity contribution is 0.647. The lowest BCUT2D eigenvalue weighted by Gasteiger charge is -2.20. The molecule has 0 spiro atoms. The van der Waals surface area contributed by atoms with Gasteiger partial charge in [-0.15, -0.1) is 24.0 Å². The smallest absolute Gasteiger partial charge is 0.191 e. The van der Waals surface area contributed by atoms with Gasteiger partial charge in [0.05, 0.1) is 12.2 Å². The normalized spacial score (nSPS) is 16.5. The number of aromatic nitrogens is 1. The summed E-state index contributed by atoms with van der Waals surface area (Å²) in [4.78, 5) is 13.3. The van der Waals surface area contributed by atoms with Crippen LogP contribution in [0.4, 0.5) is 11.5 Å². The molecule has 2 aromatic rings. The number of hydrogen-bond acceptors (Lipinski definition) is 4. The number of nitrogens with zero attached hydrogens (tertiary/aromatic N) is 4. The van der Waals surface area contributed by atoms with E-state index in [-0.39, 0.29) is 24.0 Å². The standard InChI is InChI=1S/C20H27ClN6.HI/c1-22-20(23-13-16-7-5-9-19(24-16)26(2)3)25-17-10-11-27(14-17)18-8-4-6-15(21)12-18;/h4-9,12,17H,10-11,13-14H2,1-3H3,(H2,22,23,25);1H. The summed E-state index contributed by atoms with van der Waals surface area (Å²) in [5.74, 6) is 1.75. The molecular formula is C20H28ClIN6. The predicted octanol–water partition coefficient (Wildman–Crippen LogP) is 3.36. The lowest BCUT2D eigenvalue weighted by atomic mass is 10.2. The minimum Gasteiger partial charge on any atom is -0.369 e. The van der Waals surface area contributed by atoms with Gasteiger partial charge in [0, 0.05) is 51.0 Å². The minimum atomic E-state index is 0. The maximum atomic E-state index is 6.12. The van der Waals surface area contributed by atoms with Crippen molar-refractivity contribution in [3.8, 4) is 0 Å². The molecule has 1 atom stereocenters. The number of halogens is 2. The Morgan fingerprint density at radius 2 is 2.07 bits per heavy atom. The van der Waals surface area contributed by atoms with Gasteiger partial charge >= 0.3 is 0 Å². The van der Waals surface area contributed by atoms with E-state index in [1.54, 1.807) is 7.05 Å². The van der Waals surface area contributed by atoms with Crippen LogP contribution >= 0.6 is 35.6 Å². The van der Waals surface area contributed by atoms with Crippen molar-refractivity contribution in [2.75, 3.05) is 44.0 Å². The SMILES string of the molecule is CN=C(NCc1cccc(N(C)C)n1)NC1CCN(c2cccc(Cl)c2)C1.I. The third-order valence-electron chi connectivity index (χ3n) is 4.61. The third-order valence-corrected chi connectivity index (χ3v) is 4.85. The van der Waals surface area contributed by atoms with Gasteiger partial charge in [-0.1, -0.05) is 23.7 Å². The van der Waals surface area contributed by atoms with Gasteiger partial charge in [0.2, 0.25) is 0 Å². The molecule has 3 rings (SSSR count). The zero-order valence-electron chi connectivity index (χ0n) is 16.5. The molecule has 1 aliphatic heterocycles. The van der Waals surface area contributed by atoms with E-state index in [0.29, 0.717) is 12.6 Å². The second-order valence-electron chi connectivity index (χ2n) is 6.86. The Labute approximate surface area is 189 Å². The summed E-state index contributed by atoms with van der Waals surface area (Å²) >= 11 is 6.12. The van der Waals surface area contributed by atoms with Gasteiger partial charge in [0.1, 0.15) is 5.82 Å². The van der Waals surface area contributed by atoms with Crippen molar-refractivity contribution in [1.82, 2.24) is 15.6 Å². The number of anilines is 2. The molecule has 2 heterocycles. The van der Waals surface area contributed by atoms with Crippen LogP contribution in [-0.2, 0) is 6.54 Å². The molecule has 1 saturated heterocycles. The number of benzene rings is 1. The molecular weight excluding hydrogens is 487 g/mol. The van der Waals surface area contributed by atoms with Crippen LogP contribution in [-0.4, -0.2) is 51.2 Å². The molecule has 152 valence electrons. The molecule has 1 aromatic heterocycles. The maximum Gasteiger partial charge on any atom is 0.191 e. The van der Waals surface area contributed by atoms with E-state index in [1.165, 1.54) is 5.69 Å². The van der Waals surface area contributed by atoms with Gasteiger partial charge < -0.3 is 20.4 Å². The average molecular weight is 515 g/mol. The van der Waals surface area contributed by atoms with Gasteiger partial charge in [-0.25, -0.2) is 4.98 Å². The van der Waals surface area contributed by atoms with Crippen molar-refractivity contribution in [2.24, 2.45) is 4.99 Å². The molecule has 2 N–H and O–H groups in total. The van der Waals surface area contributed by atoms with E-state index in [2.05, 4.69) is 31.6 Å². The van der Waals surface area contributed by atoms with E-state index in [9.17, 15) is 0 Å². The minimum absolute atomic E-state index is 0. The van der Waals surface area contributed by atoms with Crippen molar-refractivity contribution in [1.29, 1.82) is 0 Å².